The van der Waals surface area contributed by atoms with E-state index in [1.54, 1.807) is 6.20 Å². The second-order valence-electron chi connectivity index (χ2n) is 5.36. The standard InChI is InChI=1S/C15H14FN5O2/c1-22-14-10(6-18-15(19-14)23-2)11-5-9(8-3-4-8)13-17-7-12(16)21(13)20-11/h5-8H,3-4H2,1-2H3. The van der Waals surface area contributed by atoms with Crippen molar-refractivity contribution in [3.8, 4) is 23.1 Å². The average molecular weight is 315 g/mol. The quantitative estimate of drug-likeness (QED) is 0.735. The lowest BCUT2D eigenvalue weighted by molar-refractivity contribution is 0.353. The van der Waals surface area contributed by atoms with E-state index >= 15 is 0 Å². The molecular weight excluding hydrogens is 301 g/mol. The second-order valence-corrected chi connectivity index (χ2v) is 5.36. The van der Waals surface area contributed by atoms with Gasteiger partial charge in [-0.1, -0.05) is 0 Å². The van der Waals surface area contributed by atoms with Gasteiger partial charge in [-0.25, -0.2) is 9.97 Å². The Labute approximate surface area is 131 Å². The molecule has 7 nitrogen and oxygen atoms in total. The summed E-state index contributed by atoms with van der Waals surface area (Å²) in [5.74, 6) is 0.217. The molecule has 23 heavy (non-hydrogen) atoms. The zero-order chi connectivity index (χ0) is 16.0. The molecule has 0 aromatic carbocycles. The highest BCUT2D eigenvalue weighted by atomic mass is 19.1. The van der Waals surface area contributed by atoms with Gasteiger partial charge in [0.1, 0.15) is 0 Å². The Morgan fingerprint density at radius 2 is 2.00 bits per heavy atom. The highest BCUT2D eigenvalue weighted by Crippen LogP contribution is 2.43. The average Bonchev–Trinajstić information content (AvgIpc) is 3.37. The molecule has 3 heterocycles. The van der Waals surface area contributed by atoms with Crippen molar-refractivity contribution in [2.75, 3.05) is 14.2 Å². The molecule has 0 bridgehead atoms. The smallest absolute Gasteiger partial charge is 0.319 e. The molecule has 0 saturated heterocycles. The van der Waals surface area contributed by atoms with Crippen LogP contribution in [0.1, 0.15) is 24.3 Å². The van der Waals surface area contributed by atoms with Crippen LogP contribution in [0.5, 0.6) is 11.9 Å². The van der Waals surface area contributed by atoms with Gasteiger partial charge in [-0.3, -0.25) is 0 Å². The van der Waals surface area contributed by atoms with Gasteiger partial charge in [-0.15, -0.1) is 0 Å². The topological polar surface area (TPSA) is 74.4 Å². The summed E-state index contributed by atoms with van der Waals surface area (Å²) in [4.78, 5) is 12.4. The maximum Gasteiger partial charge on any atom is 0.319 e. The SMILES string of the molecule is COc1ncc(-c2cc(C3CC3)c3ncc(F)n3n2)c(OC)n1. The number of nitrogens with zero attached hydrogens (tertiary/aromatic N) is 5. The fraction of sp³-hybridized carbons (Fsp3) is 0.333. The molecule has 4 rings (SSSR count). The van der Waals surface area contributed by atoms with Crippen LogP contribution in [0.3, 0.4) is 0 Å². The van der Waals surface area contributed by atoms with Crippen LogP contribution in [0.25, 0.3) is 16.9 Å². The van der Waals surface area contributed by atoms with Crippen LogP contribution in [0.15, 0.2) is 18.5 Å². The number of aromatic nitrogens is 5. The first-order valence-corrected chi connectivity index (χ1v) is 7.21. The molecule has 1 saturated carbocycles. The number of fused-ring (bicyclic) bond motifs is 1. The lowest BCUT2D eigenvalue weighted by Crippen LogP contribution is -2.03. The Balaban J connectivity index is 1.93. The summed E-state index contributed by atoms with van der Waals surface area (Å²) < 4.78 is 25.5. The summed E-state index contributed by atoms with van der Waals surface area (Å²) in [5.41, 5.74) is 2.65. The molecule has 118 valence electrons. The molecule has 0 radical (unpaired) electrons. The van der Waals surface area contributed by atoms with E-state index in [2.05, 4.69) is 20.1 Å². The number of hydrogen-bond donors (Lipinski definition) is 0. The molecular formula is C15H14FN5O2. The van der Waals surface area contributed by atoms with Gasteiger partial charge in [0, 0.05) is 11.8 Å². The number of imidazole rings is 1. The minimum atomic E-state index is -0.503. The van der Waals surface area contributed by atoms with Gasteiger partial charge in [-0.2, -0.15) is 19.0 Å². The van der Waals surface area contributed by atoms with Crippen LogP contribution in [0.2, 0.25) is 0 Å². The third-order valence-electron chi connectivity index (χ3n) is 3.86. The van der Waals surface area contributed by atoms with Crippen molar-refractivity contribution >= 4 is 5.65 Å². The minimum Gasteiger partial charge on any atom is -0.480 e. The summed E-state index contributed by atoms with van der Waals surface area (Å²) in [6, 6.07) is 2.11. The van der Waals surface area contributed by atoms with E-state index < -0.39 is 5.95 Å². The summed E-state index contributed by atoms with van der Waals surface area (Å²) in [5, 5.41) is 4.32. The fourth-order valence-corrected chi connectivity index (χ4v) is 2.57. The molecule has 0 spiro atoms. The van der Waals surface area contributed by atoms with Crippen molar-refractivity contribution in [1.82, 2.24) is 24.6 Å². The van der Waals surface area contributed by atoms with Crippen molar-refractivity contribution < 1.29 is 13.9 Å². The summed E-state index contributed by atoms with van der Waals surface area (Å²) in [6.45, 7) is 0. The van der Waals surface area contributed by atoms with Crippen LogP contribution < -0.4 is 9.47 Å². The van der Waals surface area contributed by atoms with E-state index in [0.29, 0.717) is 28.7 Å². The van der Waals surface area contributed by atoms with Gasteiger partial charge < -0.3 is 9.47 Å². The Hall–Kier alpha value is -2.77. The number of halogens is 1. The molecule has 0 amide bonds. The van der Waals surface area contributed by atoms with E-state index in [9.17, 15) is 4.39 Å². The molecule has 0 aliphatic heterocycles. The molecule has 3 aromatic heterocycles. The van der Waals surface area contributed by atoms with Gasteiger partial charge >= 0.3 is 6.01 Å². The van der Waals surface area contributed by atoms with E-state index in [4.69, 9.17) is 9.47 Å². The van der Waals surface area contributed by atoms with Gasteiger partial charge in [0.05, 0.1) is 31.7 Å². The van der Waals surface area contributed by atoms with E-state index in [1.165, 1.54) is 24.9 Å². The number of methoxy groups -OCH3 is 2. The van der Waals surface area contributed by atoms with Crippen molar-refractivity contribution in [3.05, 3.63) is 30.0 Å². The zero-order valence-corrected chi connectivity index (χ0v) is 12.7. The molecule has 0 atom stereocenters. The molecule has 1 fully saturated rings. The molecule has 0 N–H and O–H groups in total. The Kier molecular flexibility index (Phi) is 3.10. The largest absolute Gasteiger partial charge is 0.480 e. The van der Waals surface area contributed by atoms with E-state index in [0.717, 1.165) is 18.4 Å². The van der Waals surface area contributed by atoms with Crippen molar-refractivity contribution in [1.29, 1.82) is 0 Å². The predicted molar refractivity (Wildman–Crippen MR) is 79.1 cm³/mol. The highest BCUT2D eigenvalue weighted by Gasteiger charge is 2.28. The maximum atomic E-state index is 14.0. The van der Waals surface area contributed by atoms with E-state index in [1.807, 2.05) is 6.07 Å². The van der Waals surface area contributed by atoms with Crippen molar-refractivity contribution in [3.63, 3.8) is 0 Å². The van der Waals surface area contributed by atoms with Crippen LogP contribution >= 0.6 is 0 Å². The number of ether oxygens (including phenoxy) is 2. The number of hydrogen-bond acceptors (Lipinski definition) is 6. The van der Waals surface area contributed by atoms with Gasteiger partial charge in [0.25, 0.3) is 0 Å². The lowest BCUT2D eigenvalue weighted by Gasteiger charge is -2.10. The van der Waals surface area contributed by atoms with Crippen LogP contribution in [0, 0.1) is 5.95 Å². The fourth-order valence-electron chi connectivity index (χ4n) is 2.57. The monoisotopic (exact) mass is 315 g/mol. The maximum absolute atomic E-state index is 14.0. The predicted octanol–water partition coefficient (Wildman–Crippen LogP) is 2.22. The highest BCUT2D eigenvalue weighted by molar-refractivity contribution is 5.67. The van der Waals surface area contributed by atoms with Crippen molar-refractivity contribution in [2.45, 2.75) is 18.8 Å². The first-order valence-electron chi connectivity index (χ1n) is 7.21. The first kappa shape index (κ1) is 13.9. The van der Waals surface area contributed by atoms with Gasteiger partial charge in [0.15, 0.2) is 5.65 Å². The first-order chi connectivity index (χ1) is 11.2. The van der Waals surface area contributed by atoms with Gasteiger partial charge in [0.2, 0.25) is 11.8 Å². The zero-order valence-electron chi connectivity index (χ0n) is 12.7. The normalized spacial score (nSPS) is 14.2. The second kappa shape index (κ2) is 5.15. The summed E-state index contributed by atoms with van der Waals surface area (Å²) in [6.07, 6.45) is 4.89. The third-order valence-corrected chi connectivity index (χ3v) is 3.86. The molecule has 1 aliphatic rings. The molecule has 3 aromatic rings. The Morgan fingerprint density at radius 1 is 1.17 bits per heavy atom. The Bertz CT molecular complexity index is 891. The summed E-state index contributed by atoms with van der Waals surface area (Å²) >= 11 is 0. The Morgan fingerprint density at radius 3 is 2.70 bits per heavy atom. The van der Waals surface area contributed by atoms with Crippen LogP contribution in [-0.2, 0) is 0 Å². The van der Waals surface area contributed by atoms with Crippen LogP contribution in [-0.4, -0.2) is 38.8 Å². The molecule has 1 aliphatic carbocycles. The number of rotatable bonds is 4. The molecule has 0 unspecified atom stereocenters. The molecule has 8 heteroatoms. The van der Waals surface area contributed by atoms with Crippen LogP contribution in [0.4, 0.5) is 4.39 Å². The van der Waals surface area contributed by atoms with Gasteiger partial charge in [-0.05, 0) is 24.8 Å². The summed E-state index contributed by atoms with van der Waals surface area (Å²) in [7, 11) is 2.98. The van der Waals surface area contributed by atoms with E-state index in [-0.39, 0.29) is 6.01 Å². The minimum absolute atomic E-state index is 0.197. The van der Waals surface area contributed by atoms with Crippen molar-refractivity contribution in [2.24, 2.45) is 0 Å². The lowest BCUT2D eigenvalue weighted by atomic mass is 10.1. The third kappa shape index (κ3) is 2.26.